The van der Waals surface area contributed by atoms with E-state index in [2.05, 4.69) is 0 Å². The quantitative estimate of drug-likeness (QED) is 0.424. The highest BCUT2D eigenvalue weighted by molar-refractivity contribution is 6.00. The maximum Gasteiger partial charge on any atom is 0.416 e. The van der Waals surface area contributed by atoms with Crippen LogP contribution in [0.5, 0.6) is 0 Å². The highest BCUT2D eigenvalue weighted by Gasteiger charge is 2.34. The molecule has 2 N–H and O–H groups in total. The van der Waals surface area contributed by atoms with E-state index in [4.69, 9.17) is 10.5 Å². The zero-order chi connectivity index (χ0) is 24.6. The molecule has 0 unspecified atom stereocenters. The Kier molecular flexibility index (Phi) is 9.93. The first-order chi connectivity index (χ1) is 14.8. The standard InChI is InChI=1S/C23H31F3N2O4/c1-6-32-19(29)12-17(11-14(2)3)22(31)28(20(15(4)5)21(27)30)13-16-7-9-18(10-8-16)23(24,25)26/h7-11,14-15,20H,6,12-13H2,1-5H3,(H2,27,30)/t20-/m0/s1. The molecule has 1 aromatic rings. The SMILES string of the molecule is CCOC(=O)CC(=CC(C)C)C(=O)N(Cc1ccc(C(F)(F)F)cc1)[C@H](C(N)=O)C(C)C. The number of rotatable bonds is 10. The highest BCUT2D eigenvalue weighted by atomic mass is 19.4. The highest BCUT2D eigenvalue weighted by Crippen LogP contribution is 2.29. The number of allylic oxidation sites excluding steroid dienone is 1. The van der Waals surface area contributed by atoms with Crippen molar-refractivity contribution < 1.29 is 32.3 Å². The van der Waals surface area contributed by atoms with Gasteiger partial charge in [0.05, 0.1) is 18.6 Å². The van der Waals surface area contributed by atoms with Gasteiger partial charge in [-0.15, -0.1) is 0 Å². The van der Waals surface area contributed by atoms with Gasteiger partial charge in [0.25, 0.3) is 5.91 Å². The molecule has 1 aromatic carbocycles. The number of carbonyl (C=O) groups excluding carboxylic acids is 3. The number of primary amides is 1. The predicted molar refractivity (Wildman–Crippen MR) is 114 cm³/mol. The van der Waals surface area contributed by atoms with E-state index in [1.54, 1.807) is 26.8 Å². The first-order valence-electron chi connectivity index (χ1n) is 10.4. The second kappa shape index (κ2) is 11.7. The van der Waals surface area contributed by atoms with E-state index < -0.39 is 35.6 Å². The van der Waals surface area contributed by atoms with E-state index in [-0.39, 0.29) is 37.0 Å². The minimum absolute atomic E-state index is 0.0811. The van der Waals surface area contributed by atoms with Crippen molar-refractivity contribution in [2.45, 2.75) is 59.8 Å². The van der Waals surface area contributed by atoms with Crippen LogP contribution in [0.15, 0.2) is 35.9 Å². The van der Waals surface area contributed by atoms with E-state index in [1.807, 2.05) is 13.8 Å². The summed E-state index contributed by atoms with van der Waals surface area (Å²) >= 11 is 0. The predicted octanol–water partition coefficient (Wildman–Crippen LogP) is 4.08. The molecule has 0 spiro atoms. The third-order valence-electron chi connectivity index (χ3n) is 4.60. The molecule has 0 aliphatic carbocycles. The molecule has 32 heavy (non-hydrogen) atoms. The lowest BCUT2D eigenvalue weighted by molar-refractivity contribution is -0.144. The number of hydrogen-bond acceptors (Lipinski definition) is 4. The van der Waals surface area contributed by atoms with Crippen molar-refractivity contribution in [2.75, 3.05) is 6.61 Å². The summed E-state index contributed by atoms with van der Waals surface area (Å²) in [6.07, 6.45) is -3.18. The fourth-order valence-corrected chi connectivity index (χ4v) is 3.29. The van der Waals surface area contributed by atoms with Gasteiger partial charge in [-0.3, -0.25) is 14.4 Å². The Morgan fingerprint density at radius 3 is 2.06 bits per heavy atom. The van der Waals surface area contributed by atoms with E-state index >= 15 is 0 Å². The van der Waals surface area contributed by atoms with Crippen molar-refractivity contribution in [3.05, 3.63) is 47.0 Å². The summed E-state index contributed by atoms with van der Waals surface area (Å²) in [6.45, 7) is 8.71. The second-order valence-electron chi connectivity index (χ2n) is 8.14. The number of nitrogens with zero attached hydrogens (tertiary/aromatic N) is 1. The first-order valence-corrected chi connectivity index (χ1v) is 10.4. The molecule has 0 saturated heterocycles. The Hall–Kier alpha value is -2.84. The molecule has 0 aliphatic rings. The van der Waals surface area contributed by atoms with Gasteiger partial charge in [0.1, 0.15) is 6.04 Å². The van der Waals surface area contributed by atoms with Crippen LogP contribution in [0, 0.1) is 11.8 Å². The fraction of sp³-hybridized carbons (Fsp3) is 0.522. The maximum atomic E-state index is 13.5. The molecule has 0 bridgehead atoms. The number of alkyl halides is 3. The van der Waals surface area contributed by atoms with Crippen LogP contribution >= 0.6 is 0 Å². The van der Waals surface area contributed by atoms with Crippen molar-refractivity contribution in [1.29, 1.82) is 0 Å². The van der Waals surface area contributed by atoms with Gasteiger partial charge < -0.3 is 15.4 Å². The van der Waals surface area contributed by atoms with E-state index in [0.29, 0.717) is 5.56 Å². The molecule has 1 atom stereocenters. The summed E-state index contributed by atoms with van der Waals surface area (Å²) in [6, 6.07) is 3.30. The molecule has 0 aromatic heterocycles. The lowest BCUT2D eigenvalue weighted by Crippen LogP contribution is -2.51. The second-order valence-corrected chi connectivity index (χ2v) is 8.14. The summed E-state index contributed by atoms with van der Waals surface area (Å²) in [5.74, 6) is -2.39. The molecule has 0 heterocycles. The van der Waals surface area contributed by atoms with Crippen molar-refractivity contribution >= 4 is 17.8 Å². The van der Waals surface area contributed by atoms with Gasteiger partial charge in [0.15, 0.2) is 0 Å². The lowest BCUT2D eigenvalue weighted by atomic mass is 9.97. The van der Waals surface area contributed by atoms with Crippen molar-refractivity contribution in [3.63, 3.8) is 0 Å². The molecule has 9 heteroatoms. The maximum absolute atomic E-state index is 13.5. The molecular weight excluding hydrogens is 425 g/mol. The van der Waals surface area contributed by atoms with Gasteiger partial charge in [-0.2, -0.15) is 13.2 Å². The zero-order valence-electron chi connectivity index (χ0n) is 19.0. The minimum atomic E-state index is -4.49. The topological polar surface area (TPSA) is 89.7 Å². The minimum Gasteiger partial charge on any atom is -0.466 e. The van der Waals surface area contributed by atoms with Gasteiger partial charge in [-0.1, -0.05) is 45.9 Å². The van der Waals surface area contributed by atoms with Crippen LogP contribution in [0.2, 0.25) is 0 Å². The summed E-state index contributed by atoms with van der Waals surface area (Å²) < 4.78 is 43.6. The summed E-state index contributed by atoms with van der Waals surface area (Å²) in [4.78, 5) is 38.9. The van der Waals surface area contributed by atoms with Gasteiger partial charge in [-0.25, -0.2) is 0 Å². The number of halogens is 3. The molecule has 0 aliphatic heterocycles. The largest absolute Gasteiger partial charge is 0.466 e. The third-order valence-corrected chi connectivity index (χ3v) is 4.60. The molecule has 0 radical (unpaired) electrons. The summed E-state index contributed by atoms with van der Waals surface area (Å²) in [5, 5.41) is 0. The van der Waals surface area contributed by atoms with E-state index in [0.717, 1.165) is 12.1 Å². The monoisotopic (exact) mass is 456 g/mol. The fourth-order valence-electron chi connectivity index (χ4n) is 3.29. The number of amides is 2. The van der Waals surface area contributed by atoms with Crippen molar-refractivity contribution in [3.8, 4) is 0 Å². The number of esters is 1. The van der Waals surface area contributed by atoms with Gasteiger partial charge in [0.2, 0.25) is 5.91 Å². The van der Waals surface area contributed by atoms with Gasteiger partial charge >= 0.3 is 12.1 Å². The van der Waals surface area contributed by atoms with Crippen LogP contribution in [0.25, 0.3) is 0 Å². The Labute approximate surface area is 186 Å². The number of ether oxygens (including phenoxy) is 1. The van der Waals surface area contributed by atoms with Crippen LogP contribution in [0.4, 0.5) is 13.2 Å². The van der Waals surface area contributed by atoms with Crippen LogP contribution in [-0.4, -0.2) is 35.3 Å². The van der Waals surface area contributed by atoms with Crippen LogP contribution in [-0.2, 0) is 31.8 Å². The molecular formula is C23H31F3N2O4. The Balaban J connectivity index is 3.39. The van der Waals surface area contributed by atoms with Crippen LogP contribution in [0.3, 0.4) is 0 Å². The number of carbonyl (C=O) groups is 3. The average Bonchev–Trinajstić information content (AvgIpc) is 2.65. The number of benzene rings is 1. The van der Waals surface area contributed by atoms with Crippen LogP contribution < -0.4 is 5.73 Å². The Bertz CT molecular complexity index is 831. The smallest absolute Gasteiger partial charge is 0.416 e. The van der Waals surface area contributed by atoms with Crippen molar-refractivity contribution in [2.24, 2.45) is 17.6 Å². The lowest BCUT2D eigenvalue weighted by Gasteiger charge is -2.33. The van der Waals surface area contributed by atoms with Gasteiger partial charge in [0, 0.05) is 12.1 Å². The number of nitrogens with two attached hydrogens (primary N) is 1. The summed E-state index contributed by atoms with van der Waals surface area (Å²) in [7, 11) is 0. The normalized spacial score (nSPS) is 13.2. The Morgan fingerprint density at radius 1 is 1.09 bits per heavy atom. The average molecular weight is 457 g/mol. The molecule has 2 amide bonds. The van der Waals surface area contributed by atoms with Crippen molar-refractivity contribution in [1.82, 2.24) is 4.90 Å². The first kappa shape index (κ1) is 27.2. The van der Waals surface area contributed by atoms with E-state index in [9.17, 15) is 27.6 Å². The van der Waals surface area contributed by atoms with E-state index in [1.165, 1.54) is 17.0 Å². The molecule has 1 rings (SSSR count). The molecule has 178 valence electrons. The molecule has 0 saturated carbocycles. The molecule has 6 nitrogen and oxygen atoms in total. The third kappa shape index (κ3) is 8.01. The van der Waals surface area contributed by atoms with Gasteiger partial charge in [-0.05, 0) is 36.5 Å². The van der Waals surface area contributed by atoms with Crippen LogP contribution in [0.1, 0.15) is 52.2 Å². The number of hydrogen-bond donors (Lipinski definition) is 1. The molecule has 0 fully saturated rings. The summed E-state index contributed by atoms with van der Waals surface area (Å²) in [5.41, 5.74) is 5.27. The zero-order valence-corrected chi connectivity index (χ0v) is 19.0. The Morgan fingerprint density at radius 2 is 1.66 bits per heavy atom.